The Kier molecular flexibility index (Phi) is 6.60. The van der Waals surface area contributed by atoms with Crippen LogP contribution >= 0.6 is 11.6 Å². The van der Waals surface area contributed by atoms with E-state index in [0.29, 0.717) is 27.3 Å². The minimum absolute atomic E-state index is 0.0547. The van der Waals surface area contributed by atoms with Gasteiger partial charge in [-0.05, 0) is 0 Å². The molecule has 3 nitrogen and oxygen atoms in total. The zero-order chi connectivity index (χ0) is 20.4. The molecule has 29 heavy (non-hydrogen) atoms. The van der Waals surface area contributed by atoms with E-state index < -0.39 is 6.10 Å². The molecule has 5 heteroatoms. The molecule has 4 rings (SSSR count). The second kappa shape index (κ2) is 9.18. The summed E-state index contributed by atoms with van der Waals surface area (Å²) in [6.45, 7) is 2.09. The summed E-state index contributed by atoms with van der Waals surface area (Å²) in [6.07, 6.45) is 1.12. The number of ether oxygens (including phenoxy) is 1. The van der Waals surface area contributed by atoms with Gasteiger partial charge in [0.05, 0.1) is 0 Å². The SMILES string of the molecule is Cc1ccc(C2CC(O)CC(CO)O2)cc1Cc1ccc(-c2ccc(Cl)cc2)[se]1. The normalized spacial score (nSPS) is 22.0. The molecule has 3 unspecified atom stereocenters. The molecule has 0 bridgehead atoms. The fourth-order valence-electron chi connectivity index (χ4n) is 3.83. The molecule has 2 heterocycles. The maximum absolute atomic E-state index is 10.1. The van der Waals surface area contributed by atoms with E-state index in [1.54, 1.807) is 0 Å². The van der Waals surface area contributed by atoms with Crippen molar-refractivity contribution in [2.75, 3.05) is 6.61 Å². The Morgan fingerprint density at radius 2 is 1.86 bits per heavy atom. The van der Waals surface area contributed by atoms with E-state index >= 15 is 0 Å². The van der Waals surface area contributed by atoms with E-state index in [2.05, 4.69) is 49.4 Å². The minimum atomic E-state index is -0.428. The first-order valence-corrected chi connectivity index (χ1v) is 12.0. The van der Waals surface area contributed by atoms with Gasteiger partial charge in [0, 0.05) is 0 Å². The van der Waals surface area contributed by atoms with E-state index in [0.717, 1.165) is 17.0 Å². The van der Waals surface area contributed by atoms with Crippen LogP contribution in [0.25, 0.3) is 10.0 Å². The number of aliphatic hydroxyl groups is 2. The van der Waals surface area contributed by atoms with Crippen LogP contribution in [0.15, 0.2) is 54.6 Å². The number of hydrogen-bond donors (Lipinski definition) is 2. The molecule has 1 aliphatic heterocycles. The topological polar surface area (TPSA) is 49.7 Å². The summed E-state index contributed by atoms with van der Waals surface area (Å²) in [6, 6.07) is 19.0. The maximum atomic E-state index is 10.1. The number of rotatable bonds is 5. The Labute approximate surface area is 182 Å². The molecular weight excluding hydrogens is 451 g/mol. The molecular formula is C24H25ClO3Se. The zero-order valence-electron chi connectivity index (χ0n) is 16.3. The van der Waals surface area contributed by atoms with Gasteiger partial charge < -0.3 is 0 Å². The molecule has 1 aromatic heterocycles. The van der Waals surface area contributed by atoms with Crippen LogP contribution in [0, 0.1) is 6.92 Å². The number of aliphatic hydroxyl groups excluding tert-OH is 2. The monoisotopic (exact) mass is 476 g/mol. The van der Waals surface area contributed by atoms with Crippen molar-refractivity contribution in [3.05, 3.63) is 80.7 Å². The summed E-state index contributed by atoms with van der Waals surface area (Å²) in [5.41, 5.74) is 4.89. The van der Waals surface area contributed by atoms with Crippen LogP contribution in [0.1, 0.15) is 40.1 Å². The molecule has 3 aromatic rings. The van der Waals surface area contributed by atoms with Crippen LogP contribution in [-0.4, -0.2) is 43.5 Å². The standard InChI is InChI=1S/C24H25ClO3Se/c1-15-2-3-17(23-13-20(27)12-21(14-26)28-23)10-18(15)11-22-8-9-24(29-22)16-4-6-19(25)7-5-16/h2-10,20-21,23,26-27H,11-14H2,1H3. The van der Waals surface area contributed by atoms with Crippen molar-refractivity contribution in [1.29, 1.82) is 0 Å². The van der Waals surface area contributed by atoms with E-state index in [1.165, 1.54) is 25.6 Å². The number of hydrogen-bond acceptors (Lipinski definition) is 3. The van der Waals surface area contributed by atoms with Gasteiger partial charge in [-0.3, -0.25) is 0 Å². The molecule has 2 aromatic carbocycles. The molecule has 0 radical (unpaired) electrons. The van der Waals surface area contributed by atoms with Crippen molar-refractivity contribution in [2.45, 2.75) is 44.5 Å². The molecule has 1 aliphatic rings. The summed E-state index contributed by atoms with van der Waals surface area (Å²) >= 11 is 6.31. The first-order chi connectivity index (χ1) is 14.0. The summed E-state index contributed by atoms with van der Waals surface area (Å²) < 4.78 is 8.82. The Morgan fingerprint density at radius 3 is 2.62 bits per heavy atom. The molecule has 1 saturated heterocycles. The predicted octanol–water partition coefficient (Wildman–Crippen LogP) is 4.54. The second-order valence-electron chi connectivity index (χ2n) is 7.69. The summed E-state index contributed by atoms with van der Waals surface area (Å²) in [5, 5.41) is 20.3. The molecule has 152 valence electrons. The van der Waals surface area contributed by atoms with Gasteiger partial charge in [-0.15, -0.1) is 0 Å². The van der Waals surface area contributed by atoms with Gasteiger partial charge in [0.15, 0.2) is 0 Å². The molecule has 0 aliphatic carbocycles. The van der Waals surface area contributed by atoms with Crippen molar-refractivity contribution in [3.8, 4) is 10.0 Å². The summed E-state index contributed by atoms with van der Waals surface area (Å²) in [5.74, 6) is 0. The fourth-order valence-corrected chi connectivity index (χ4v) is 6.13. The van der Waals surface area contributed by atoms with Gasteiger partial charge in [0.25, 0.3) is 0 Å². The van der Waals surface area contributed by atoms with Crippen LogP contribution in [0.3, 0.4) is 0 Å². The zero-order valence-corrected chi connectivity index (χ0v) is 18.8. The van der Waals surface area contributed by atoms with Gasteiger partial charge in [-0.2, -0.15) is 0 Å². The van der Waals surface area contributed by atoms with Crippen molar-refractivity contribution in [2.24, 2.45) is 0 Å². The van der Waals surface area contributed by atoms with E-state index in [9.17, 15) is 10.2 Å². The molecule has 3 atom stereocenters. The summed E-state index contributed by atoms with van der Waals surface area (Å²) in [7, 11) is 0. The van der Waals surface area contributed by atoms with Gasteiger partial charge in [0.1, 0.15) is 0 Å². The predicted molar refractivity (Wildman–Crippen MR) is 118 cm³/mol. The Morgan fingerprint density at radius 1 is 1.07 bits per heavy atom. The van der Waals surface area contributed by atoms with E-state index in [1.807, 2.05) is 12.1 Å². The third-order valence-corrected chi connectivity index (χ3v) is 8.11. The molecule has 0 spiro atoms. The molecule has 2 N–H and O–H groups in total. The van der Waals surface area contributed by atoms with Crippen molar-refractivity contribution in [3.63, 3.8) is 0 Å². The van der Waals surface area contributed by atoms with Crippen LogP contribution in [0.5, 0.6) is 0 Å². The number of benzene rings is 2. The summed E-state index contributed by atoms with van der Waals surface area (Å²) in [4.78, 5) is 0. The molecule has 0 saturated carbocycles. The first-order valence-electron chi connectivity index (χ1n) is 9.90. The third-order valence-electron chi connectivity index (χ3n) is 5.48. The average Bonchev–Trinajstić information content (AvgIpc) is 3.18. The van der Waals surface area contributed by atoms with Crippen molar-refractivity contribution >= 4 is 26.1 Å². The Bertz CT molecular complexity index is 967. The second-order valence-corrected chi connectivity index (χ2v) is 10.6. The van der Waals surface area contributed by atoms with Crippen LogP contribution < -0.4 is 0 Å². The Hall–Kier alpha value is -1.39. The van der Waals surface area contributed by atoms with Gasteiger partial charge in [-0.1, -0.05) is 0 Å². The van der Waals surface area contributed by atoms with Crippen LogP contribution in [-0.2, 0) is 11.2 Å². The van der Waals surface area contributed by atoms with Gasteiger partial charge in [-0.25, -0.2) is 0 Å². The first kappa shape index (κ1) is 20.9. The fraction of sp³-hybridized carbons (Fsp3) is 0.333. The van der Waals surface area contributed by atoms with Crippen molar-refractivity contribution < 1.29 is 14.9 Å². The van der Waals surface area contributed by atoms with E-state index in [4.69, 9.17) is 16.3 Å². The quantitative estimate of drug-likeness (QED) is 0.533. The van der Waals surface area contributed by atoms with Crippen LogP contribution in [0.2, 0.25) is 5.02 Å². The van der Waals surface area contributed by atoms with Gasteiger partial charge in [0.2, 0.25) is 0 Å². The van der Waals surface area contributed by atoms with Gasteiger partial charge >= 0.3 is 183 Å². The number of aryl methyl sites for hydroxylation is 1. The van der Waals surface area contributed by atoms with E-state index in [-0.39, 0.29) is 18.8 Å². The van der Waals surface area contributed by atoms with Crippen molar-refractivity contribution in [1.82, 2.24) is 0 Å². The van der Waals surface area contributed by atoms with Crippen LogP contribution in [0.4, 0.5) is 0 Å². The molecule has 1 fully saturated rings. The number of halogens is 1. The molecule has 0 amide bonds. The Balaban J connectivity index is 1.53. The average molecular weight is 476 g/mol. The third kappa shape index (κ3) is 5.03.